The van der Waals surface area contributed by atoms with Crippen molar-refractivity contribution >= 4 is 0 Å². The molecule has 1 saturated heterocycles. The molecule has 10 rings (SSSR count). The fourth-order valence-electron chi connectivity index (χ4n) is 9.27. The number of hydrogen-bond donors (Lipinski definition) is 0. The van der Waals surface area contributed by atoms with Crippen LogP contribution >= 0.6 is 0 Å². The van der Waals surface area contributed by atoms with Crippen LogP contribution in [0.5, 0.6) is 0 Å². The molecule has 3 aliphatic heterocycles. The Hall–Kier alpha value is -2.08. The van der Waals surface area contributed by atoms with Crippen LogP contribution < -0.4 is 11.4 Å². The Morgan fingerprint density at radius 3 is 2.00 bits per heavy atom. The lowest BCUT2D eigenvalue weighted by atomic mass is 9.65. The minimum Gasteiger partial charge on any atom is -0.370 e. The molecule has 0 N–H and O–H groups in total. The van der Waals surface area contributed by atoms with E-state index in [-0.39, 0.29) is 34.3 Å². The van der Waals surface area contributed by atoms with Crippen molar-refractivity contribution in [1.29, 1.82) is 0 Å². The fraction of sp³-hybridized carbons (Fsp3) is 0.600. The second kappa shape index (κ2) is 3.07. The zero-order chi connectivity index (χ0) is 16.7. The molecule has 130 valence electrons. The molecule has 1 aromatic carbocycles. The molecule has 0 radical (unpaired) electrons. The Labute approximate surface area is 148 Å². The van der Waals surface area contributed by atoms with Crippen molar-refractivity contribution in [2.75, 3.05) is 0 Å². The first-order valence-electron chi connectivity index (χ1n) is 9.89. The molecule has 4 heterocycles. The van der Waals surface area contributed by atoms with Gasteiger partial charge in [0.15, 0.2) is 0 Å². The van der Waals surface area contributed by atoms with Crippen LogP contribution in [0.2, 0.25) is 0 Å². The van der Waals surface area contributed by atoms with E-state index < -0.39 is 0 Å². The number of fused-ring (bicyclic) bond motifs is 1. The Morgan fingerprint density at radius 1 is 0.846 bits per heavy atom. The van der Waals surface area contributed by atoms with E-state index in [0.29, 0.717) is 29.7 Å². The van der Waals surface area contributed by atoms with Crippen LogP contribution in [0, 0.1) is 34.5 Å². The second-order valence-corrected chi connectivity index (χ2v) is 9.73. The normalized spacial score (nSPS) is 56.6. The smallest absolute Gasteiger partial charge is 0.352 e. The van der Waals surface area contributed by atoms with E-state index in [2.05, 4.69) is 0 Å². The maximum absolute atomic E-state index is 13.4. The largest absolute Gasteiger partial charge is 0.370 e. The van der Waals surface area contributed by atoms with Crippen molar-refractivity contribution in [2.45, 2.75) is 37.1 Å². The molecule has 2 aromatic rings. The van der Waals surface area contributed by atoms with Crippen LogP contribution in [0.1, 0.15) is 24.9 Å². The van der Waals surface area contributed by atoms with E-state index in [9.17, 15) is 9.59 Å². The first-order valence-corrected chi connectivity index (χ1v) is 9.89. The first kappa shape index (κ1) is 12.3. The average Bonchev–Trinajstić information content (AvgIpc) is 3.55. The first-order chi connectivity index (χ1) is 12.7. The summed E-state index contributed by atoms with van der Waals surface area (Å²) < 4.78 is 11.1. The predicted octanol–water partition coefficient (Wildman–Crippen LogP) is 0.950. The van der Waals surface area contributed by atoms with Crippen molar-refractivity contribution in [2.24, 2.45) is 34.5 Å². The Morgan fingerprint density at radius 2 is 1.42 bits per heavy atom. The van der Waals surface area contributed by atoms with Crippen LogP contribution in [-0.2, 0) is 4.74 Å². The van der Waals surface area contributed by atoms with Gasteiger partial charge in [0.1, 0.15) is 0 Å². The topological polar surface area (TPSA) is 61.5 Å². The third kappa shape index (κ3) is 0.839. The number of epoxide rings is 1. The molecule has 2 unspecified atom stereocenters. The molecule has 26 heavy (non-hydrogen) atoms. The van der Waals surface area contributed by atoms with E-state index in [4.69, 9.17) is 4.74 Å². The Balaban J connectivity index is 1.38. The van der Waals surface area contributed by atoms with Gasteiger partial charge in [-0.15, -0.1) is 0 Å². The van der Waals surface area contributed by atoms with Gasteiger partial charge in [0, 0.05) is 10.8 Å². The second-order valence-electron chi connectivity index (χ2n) is 9.73. The van der Waals surface area contributed by atoms with Gasteiger partial charge in [-0.25, -0.2) is 23.5 Å². The van der Waals surface area contributed by atoms with Crippen LogP contribution in [0.25, 0.3) is 5.69 Å². The van der Waals surface area contributed by atoms with Gasteiger partial charge in [0.2, 0.25) is 0 Å². The van der Waals surface area contributed by atoms with Crippen molar-refractivity contribution in [1.82, 2.24) is 13.9 Å². The lowest BCUT2D eigenvalue weighted by molar-refractivity contribution is -0.0170. The summed E-state index contributed by atoms with van der Waals surface area (Å²) in [5, 5.41) is 0. The minimum absolute atomic E-state index is 0.130. The lowest BCUT2D eigenvalue weighted by Gasteiger charge is -2.49. The number of hydrogen-bond acceptors (Lipinski definition) is 3. The summed E-state index contributed by atoms with van der Waals surface area (Å²) in [5.41, 5.74) is 0.955. The molecule has 2 bridgehead atoms. The summed E-state index contributed by atoms with van der Waals surface area (Å²) in [6.45, 7) is 0. The van der Waals surface area contributed by atoms with Gasteiger partial charge >= 0.3 is 11.4 Å². The molecule has 2 spiro atoms. The summed E-state index contributed by atoms with van der Waals surface area (Å²) in [6, 6.07) is 9.88. The molecule has 5 aliphatic carbocycles. The average molecular weight is 347 g/mol. The monoisotopic (exact) mass is 347 g/mol. The van der Waals surface area contributed by atoms with Gasteiger partial charge in [-0.2, -0.15) is 0 Å². The van der Waals surface area contributed by atoms with Crippen LogP contribution in [0.15, 0.2) is 39.9 Å². The summed E-state index contributed by atoms with van der Waals surface area (Å²) in [6.07, 6.45) is 3.10. The number of benzene rings is 1. The molecule has 10 atom stereocenters. The molecule has 6 heteroatoms. The maximum atomic E-state index is 13.4. The Kier molecular flexibility index (Phi) is 1.45. The van der Waals surface area contributed by atoms with Crippen molar-refractivity contribution in [3.63, 3.8) is 0 Å². The number of nitrogens with zero attached hydrogens (tertiary/aromatic N) is 3. The van der Waals surface area contributed by atoms with E-state index in [1.165, 1.54) is 4.57 Å². The van der Waals surface area contributed by atoms with Crippen LogP contribution in [-0.4, -0.2) is 26.1 Å². The SMILES string of the molecule is O=c1n(-c2ccccc2)c(=O)n2n1[C@H]1[C@@H]3C4C5[C@@]16C[C@@H]1O[C@@H]1C[C@]56[C@H]2[C@@H]43. The van der Waals surface area contributed by atoms with Gasteiger partial charge in [-0.1, -0.05) is 18.2 Å². The molecule has 8 aliphatic rings. The number of aromatic nitrogens is 3. The van der Waals surface area contributed by atoms with E-state index in [1.54, 1.807) is 0 Å². The third-order valence-electron chi connectivity index (χ3n) is 9.57. The van der Waals surface area contributed by atoms with Gasteiger partial charge in [0.25, 0.3) is 0 Å². The maximum Gasteiger partial charge on any atom is 0.352 e. The van der Waals surface area contributed by atoms with Gasteiger partial charge < -0.3 is 4.74 Å². The van der Waals surface area contributed by atoms with E-state index in [1.807, 2.05) is 39.7 Å². The van der Waals surface area contributed by atoms with Crippen molar-refractivity contribution in [3.8, 4) is 5.69 Å². The number of para-hydroxylation sites is 1. The highest BCUT2D eigenvalue weighted by molar-refractivity contribution is 5.51. The lowest BCUT2D eigenvalue weighted by Crippen LogP contribution is -2.54. The molecule has 1 aromatic heterocycles. The number of ether oxygens (including phenoxy) is 1. The molecule has 6 nitrogen and oxygen atoms in total. The highest BCUT2D eigenvalue weighted by Gasteiger charge is 3.04. The zero-order valence-corrected chi connectivity index (χ0v) is 14.0. The molecular weight excluding hydrogens is 330 g/mol. The van der Waals surface area contributed by atoms with Crippen LogP contribution in [0.3, 0.4) is 0 Å². The summed E-state index contributed by atoms with van der Waals surface area (Å²) in [5.74, 6) is 2.82. The number of rotatable bonds is 1. The quantitative estimate of drug-likeness (QED) is 0.722. The summed E-state index contributed by atoms with van der Waals surface area (Å²) >= 11 is 0. The Bertz CT molecular complexity index is 1120. The van der Waals surface area contributed by atoms with Crippen LogP contribution in [0.4, 0.5) is 0 Å². The summed E-state index contributed by atoms with van der Waals surface area (Å²) in [7, 11) is 0. The van der Waals surface area contributed by atoms with Gasteiger partial charge in [0.05, 0.1) is 30.0 Å². The highest BCUT2D eigenvalue weighted by atomic mass is 16.6. The predicted molar refractivity (Wildman–Crippen MR) is 89.1 cm³/mol. The van der Waals surface area contributed by atoms with Crippen molar-refractivity contribution in [3.05, 3.63) is 51.3 Å². The molecule has 6 fully saturated rings. The molecule has 5 saturated carbocycles. The molecular formula is C20H17N3O3. The van der Waals surface area contributed by atoms with Crippen molar-refractivity contribution < 1.29 is 4.74 Å². The summed E-state index contributed by atoms with van der Waals surface area (Å²) in [4.78, 5) is 26.8. The van der Waals surface area contributed by atoms with Gasteiger partial charge in [-0.05, 0) is 48.6 Å². The minimum atomic E-state index is -0.130. The fourth-order valence-corrected chi connectivity index (χ4v) is 9.27. The van der Waals surface area contributed by atoms with E-state index in [0.717, 1.165) is 24.7 Å². The zero-order valence-electron chi connectivity index (χ0n) is 14.0. The van der Waals surface area contributed by atoms with E-state index >= 15 is 0 Å². The standard InChI is InChI=1S/C20H17N3O3/c24-17-21(8-4-2-1-3-5-8)18(25)23-16-13-11-12(13)15(22(17)23)19-6-9-10(26-9)7-20(16,19)14(11)19/h1-5,9-16H,6-7H2/t9-,10+,11?,12+,13-,14?,15-,16+,19-,20+. The highest BCUT2D eigenvalue weighted by Crippen LogP contribution is 3.05. The third-order valence-corrected chi connectivity index (χ3v) is 9.57. The van der Waals surface area contributed by atoms with Gasteiger partial charge in [-0.3, -0.25) is 0 Å². The molecule has 0 amide bonds.